The molecule has 290 valence electrons. The van der Waals surface area contributed by atoms with Gasteiger partial charge in [-0.25, -0.2) is 18.0 Å². The van der Waals surface area contributed by atoms with E-state index in [1.165, 1.54) is 4.90 Å². The van der Waals surface area contributed by atoms with Gasteiger partial charge in [-0.3, -0.25) is 24.0 Å². The van der Waals surface area contributed by atoms with Gasteiger partial charge in [0.25, 0.3) is 5.91 Å². The second-order valence-corrected chi connectivity index (χ2v) is 18.4. The van der Waals surface area contributed by atoms with E-state index in [-0.39, 0.29) is 25.8 Å². The molecule has 6 rings (SSSR count). The topological polar surface area (TPSA) is 181 Å². The van der Waals surface area contributed by atoms with Crippen LogP contribution < -0.4 is 15.4 Å². The number of alkyl carbamates (subject to hydrolysis) is 1. The summed E-state index contributed by atoms with van der Waals surface area (Å²) in [6.07, 6.45) is 6.81. The summed E-state index contributed by atoms with van der Waals surface area (Å²) in [7, 11) is -4.02. The fraction of sp³-hybridized carbons (Fsp3) is 0.658. The normalized spacial score (nSPS) is 28.9. The fourth-order valence-corrected chi connectivity index (χ4v) is 9.62. The zero-order valence-electron chi connectivity index (χ0n) is 31.1. The highest BCUT2D eigenvalue weighted by Gasteiger charge is 2.63. The van der Waals surface area contributed by atoms with Crippen molar-refractivity contribution in [1.29, 1.82) is 0 Å². The van der Waals surface area contributed by atoms with Crippen molar-refractivity contribution in [3.05, 3.63) is 47.5 Å². The molecule has 15 heteroatoms. The smallest absolute Gasteiger partial charge is 0.410 e. The molecule has 2 saturated carbocycles. The first kappa shape index (κ1) is 38.6. The van der Waals surface area contributed by atoms with Crippen molar-refractivity contribution >= 4 is 39.9 Å². The van der Waals surface area contributed by atoms with Crippen LogP contribution in [0.4, 0.5) is 9.59 Å². The quantitative estimate of drug-likeness (QED) is 0.344. The lowest BCUT2D eigenvalue weighted by Crippen LogP contribution is -2.58. The molecule has 0 bridgehead atoms. The van der Waals surface area contributed by atoms with Gasteiger partial charge in [-0.1, -0.05) is 62.6 Å². The second-order valence-electron chi connectivity index (χ2n) is 16.3. The third kappa shape index (κ3) is 8.49. The minimum absolute atomic E-state index is 0.0562. The average Bonchev–Trinajstić information content (AvgIpc) is 3.91. The van der Waals surface area contributed by atoms with Crippen LogP contribution in [0.25, 0.3) is 0 Å². The van der Waals surface area contributed by atoms with E-state index in [4.69, 9.17) is 9.47 Å². The first-order chi connectivity index (χ1) is 25.1. The summed E-state index contributed by atoms with van der Waals surface area (Å²) in [6, 6.07) is 5.49. The number of ether oxygens (including phenoxy) is 2. The summed E-state index contributed by atoms with van der Waals surface area (Å²) in [5.74, 6) is -2.47. The highest BCUT2D eigenvalue weighted by Crippen LogP contribution is 2.49. The van der Waals surface area contributed by atoms with Gasteiger partial charge < -0.3 is 25.0 Å². The summed E-state index contributed by atoms with van der Waals surface area (Å²) in [5, 5.41) is 5.57. The molecule has 3 heterocycles. The predicted molar refractivity (Wildman–Crippen MR) is 194 cm³/mol. The molecule has 53 heavy (non-hydrogen) atoms. The van der Waals surface area contributed by atoms with E-state index < -0.39 is 79.9 Å². The Morgan fingerprint density at radius 1 is 1.04 bits per heavy atom. The minimum Gasteiger partial charge on any atom is -0.444 e. The Bertz CT molecular complexity index is 1730. The lowest BCUT2D eigenvalue weighted by atomic mass is 10.0. The Hall–Kier alpha value is -4.14. The van der Waals surface area contributed by atoms with Gasteiger partial charge in [-0.2, -0.15) is 0 Å². The second kappa shape index (κ2) is 14.9. The summed E-state index contributed by atoms with van der Waals surface area (Å²) in [6.45, 7) is 7.66. The molecule has 2 aliphatic carbocycles. The molecule has 5 aliphatic rings. The molecule has 3 N–H and O–H groups in total. The Kier molecular flexibility index (Phi) is 10.9. The summed E-state index contributed by atoms with van der Waals surface area (Å²) in [5.41, 5.74) is -0.338. The largest absolute Gasteiger partial charge is 0.444 e. The number of rotatable bonds is 7. The van der Waals surface area contributed by atoms with Gasteiger partial charge in [-0.05, 0) is 76.8 Å². The van der Waals surface area contributed by atoms with E-state index in [1.807, 2.05) is 43.3 Å². The van der Waals surface area contributed by atoms with Crippen molar-refractivity contribution in [3.63, 3.8) is 0 Å². The number of nitrogens with zero attached hydrogens (tertiary/aromatic N) is 2. The monoisotopic (exact) mass is 755 g/mol. The number of hydrogen-bond donors (Lipinski definition) is 3. The van der Waals surface area contributed by atoms with Crippen LogP contribution in [-0.4, -0.2) is 88.7 Å². The van der Waals surface area contributed by atoms with Crippen LogP contribution in [0.2, 0.25) is 0 Å². The Balaban J connectivity index is 1.25. The van der Waals surface area contributed by atoms with Gasteiger partial charge in [0.05, 0.1) is 11.3 Å². The van der Waals surface area contributed by atoms with E-state index in [1.54, 1.807) is 25.7 Å². The van der Waals surface area contributed by atoms with Gasteiger partial charge in [0.15, 0.2) is 0 Å². The maximum Gasteiger partial charge on any atom is 0.410 e. The molecular weight excluding hydrogens is 703 g/mol. The maximum absolute atomic E-state index is 14.4. The summed E-state index contributed by atoms with van der Waals surface area (Å²) in [4.78, 5) is 71.8. The van der Waals surface area contributed by atoms with Crippen molar-refractivity contribution in [3.8, 4) is 0 Å². The van der Waals surface area contributed by atoms with Crippen LogP contribution >= 0.6 is 0 Å². The van der Waals surface area contributed by atoms with Crippen LogP contribution in [0.3, 0.4) is 0 Å². The van der Waals surface area contributed by atoms with Crippen molar-refractivity contribution in [2.24, 2.45) is 5.92 Å². The van der Waals surface area contributed by atoms with Crippen LogP contribution in [-0.2, 0) is 47.0 Å². The van der Waals surface area contributed by atoms with E-state index in [0.29, 0.717) is 51.6 Å². The SMILES string of the molecule is CCCC1(S(=O)(=O)NC(=O)[C@@]23C[C@@H]2/C=C\CCCCC[C@H](NC(=O)OC(C)(C)C)C(=O)N2C[C@H](OC(=O)N4Cc5ccccc5C4)C[C@H]2C(=O)N3)CC1. The molecular formula is C38H53N5O9S. The average molecular weight is 756 g/mol. The molecule has 1 aromatic rings. The van der Waals surface area contributed by atoms with E-state index >= 15 is 0 Å². The van der Waals surface area contributed by atoms with E-state index in [0.717, 1.165) is 24.0 Å². The first-order valence-corrected chi connectivity index (χ1v) is 20.4. The third-order valence-electron chi connectivity index (χ3n) is 11.0. The van der Waals surface area contributed by atoms with Crippen molar-refractivity contribution in [2.75, 3.05) is 6.54 Å². The number of allylic oxidation sites excluding steroid dienone is 1. The number of nitrogens with one attached hydrogen (secondary N) is 3. The number of carbonyl (C=O) groups is 5. The van der Waals surface area contributed by atoms with Crippen LogP contribution in [0.1, 0.15) is 109 Å². The Morgan fingerprint density at radius 3 is 2.38 bits per heavy atom. The van der Waals surface area contributed by atoms with Crippen molar-refractivity contribution in [2.45, 2.75) is 145 Å². The number of amides is 5. The molecule has 0 radical (unpaired) electrons. The van der Waals surface area contributed by atoms with Gasteiger partial charge in [0.1, 0.15) is 29.3 Å². The molecule has 1 aromatic carbocycles. The predicted octanol–water partition coefficient (Wildman–Crippen LogP) is 4.18. The number of benzene rings is 1. The van der Waals surface area contributed by atoms with Crippen molar-refractivity contribution in [1.82, 2.24) is 25.2 Å². The van der Waals surface area contributed by atoms with Crippen molar-refractivity contribution < 1.29 is 41.9 Å². The third-order valence-corrected chi connectivity index (χ3v) is 13.2. The van der Waals surface area contributed by atoms with Crippen LogP contribution in [0.15, 0.2) is 36.4 Å². The van der Waals surface area contributed by atoms with Crippen LogP contribution in [0.5, 0.6) is 0 Å². The van der Waals surface area contributed by atoms with E-state index in [2.05, 4.69) is 15.4 Å². The highest BCUT2D eigenvalue weighted by molar-refractivity contribution is 7.91. The number of carbonyl (C=O) groups excluding carboxylic acids is 5. The standard InChI is InChI=1S/C38H53N5O9S/c1-5-17-37(18-19-37)53(49,50)41-33(46)38-21-27(38)15-9-7-6-8-10-16-29(39-34(47)52-36(2,3)4)32(45)43-24-28(20-30(43)31(44)40-38)51-35(48)42-22-25-13-11-12-14-26(25)23-42/h9,11-15,27-30H,5-8,10,16-24H2,1-4H3,(H,39,47)(H,40,44)(H,41,46)/b15-9-/t27-,28+,29-,30-,38+/m0/s1. The Labute approximate surface area is 311 Å². The summed E-state index contributed by atoms with van der Waals surface area (Å²) >= 11 is 0. The van der Waals surface area contributed by atoms with Gasteiger partial charge in [-0.15, -0.1) is 0 Å². The molecule has 0 aromatic heterocycles. The lowest BCUT2D eigenvalue weighted by molar-refractivity contribution is -0.141. The first-order valence-electron chi connectivity index (χ1n) is 18.9. The molecule has 3 aliphatic heterocycles. The molecule has 0 spiro atoms. The fourth-order valence-electron chi connectivity index (χ4n) is 7.86. The maximum atomic E-state index is 14.4. The number of hydrogen-bond acceptors (Lipinski definition) is 9. The van der Waals surface area contributed by atoms with Gasteiger partial charge in [0.2, 0.25) is 21.8 Å². The van der Waals surface area contributed by atoms with Gasteiger partial charge in [0, 0.05) is 25.4 Å². The molecule has 5 amide bonds. The molecule has 1 saturated heterocycles. The molecule has 14 nitrogen and oxygen atoms in total. The highest BCUT2D eigenvalue weighted by atomic mass is 32.2. The number of fused-ring (bicyclic) bond motifs is 3. The lowest BCUT2D eigenvalue weighted by Gasteiger charge is -2.30. The zero-order valence-corrected chi connectivity index (χ0v) is 32.0. The van der Waals surface area contributed by atoms with E-state index in [9.17, 15) is 32.4 Å². The summed E-state index contributed by atoms with van der Waals surface area (Å²) < 4.78 is 39.6. The van der Waals surface area contributed by atoms with Crippen LogP contribution in [0, 0.1) is 5.92 Å². The molecule has 0 unspecified atom stereocenters. The molecule has 5 atom stereocenters. The number of sulfonamides is 1. The minimum atomic E-state index is -4.02. The van der Waals surface area contributed by atoms with Gasteiger partial charge >= 0.3 is 12.2 Å². The molecule has 3 fully saturated rings. The zero-order chi connectivity index (χ0) is 38.2. The Morgan fingerprint density at radius 2 is 1.74 bits per heavy atom.